The van der Waals surface area contributed by atoms with Gasteiger partial charge in [-0.05, 0) is 26.2 Å². The zero-order valence-corrected chi connectivity index (χ0v) is 9.75. The summed E-state index contributed by atoms with van der Waals surface area (Å²) in [6.45, 7) is 6.09. The van der Waals surface area contributed by atoms with E-state index >= 15 is 0 Å². The van der Waals surface area contributed by atoms with Gasteiger partial charge in [-0.25, -0.2) is 0 Å². The Morgan fingerprint density at radius 1 is 1.36 bits per heavy atom. The molecule has 1 saturated heterocycles. The van der Waals surface area contributed by atoms with Gasteiger partial charge in [-0.1, -0.05) is 26.2 Å². The normalized spacial score (nSPS) is 26.9. The molecule has 0 aromatic heterocycles. The highest BCUT2D eigenvalue weighted by Crippen LogP contribution is 2.27. The Morgan fingerprint density at radius 2 is 2.07 bits per heavy atom. The SMILES string of the molecule is CCCCCC1CCC(C)N1C(C)=O. The van der Waals surface area contributed by atoms with Crippen LogP contribution in [0.25, 0.3) is 0 Å². The van der Waals surface area contributed by atoms with E-state index in [1.165, 1.54) is 38.5 Å². The van der Waals surface area contributed by atoms with Crippen molar-refractivity contribution in [1.82, 2.24) is 4.90 Å². The lowest BCUT2D eigenvalue weighted by Crippen LogP contribution is -2.38. The third-order valence-corrected chi connectivity index (χ3v) is 3.29. The number of rotatable bonds is 4. The van der Waals surface area contributed by atoms with E-state index in [1.54, 1.807) is 6.92 Å². The van der Waals surface area contributed by atoms with Crippen molar-refractivity contribution in [2.24, 2.45) is 0 Å². The van der Waals surface area contributed by atoms with Gasteiger partial charge in [-0.15, -0.1) is 0 Å². The van der Waals surface area contributed by atoms with Crippen molar-refractivity contribution in [2.75, 3.05) is 0 Å². The van der Waals surface area contributed by atoms with Crippen LogP contribution in [0.3, 0.4) is 0 Å². The summed E-state index contributed by atoms with van der Waals surface area (Å²) >= 11 is 0. The zero-order valence-electron chi connectivity index (χ0n) is 9.75. The first-order valence-corrected chi connectivity index (χ1v) is 5.95. The van der Waals surface area contributed by atoms with E-state index in [0.29, 0.717) is 12.1 Å². The molecule has 0 bridgehead atoms. The maximum atomic E-state index is 11.4. The molecule has 0 spiro atoms. The number of hydrogen-bond donors (Lipinski definition) is 0. The zero-order chi connectivity index (χ0) is 10.6. The van der Waals surface area contributed by atoms with Gasteiger partial charge in [0.15, 0.2) is 0 Å². The Hall–Kier alpha value is -0.530. The second-order valence-electron chi connectivity index (χ2n) is 4.50. The Balaban J connectivity index is 2.39. The molecule has 1 fully saturated rings. The summed E-state index contributed by atoms with van der Waals surface area (Å²) < 4.78 is 0. The van der Waals surface area contributed by atoms with Gasteiger partial charge in [0, 0.05) is 19.0 Å². The van der Waals surface area contributed by atoms with Crippen molar-refractivity contribution < 1.29 is 4.79 Å². The standard InChI is InChI=1S/C12H23NO/c1-4-5-6-7-12-9-8-10(2)13(12)11(3)14/h10,12H,4-9H2,1-3H3. The minimum absolute atomic E-state index is 0.261. The quantitative estimate of drug-likeness (QED) is 0.634. The van der Waals surface area contributed by atoms with Crippen molar-refractivity contribution in [3.8, 4) is 0 Å². The first kappa shape index (κ1) is 11.5. The number of carbonyl (C=O) groups excluding carboxylic acids is 1. The van der Waals surface area contributed by atoms with Crippen LogP contribution in [0.2, 0.25) is 0 Å². The Kier molecular flexibility index (Phi) is 4.43. The van der Waals surface area contributed by atoms with E-state index in [9.17, 15) is 4.79 Å². The van der Waals surface area contributed by atoms with E-state index in [4.69, 9.17) is 0 Å². The average Bonchev–Trinajstić information content (AvgIpc) is 2.47. The van der Waals surface area contributed by atoms with Crippen molar-refractivity contribution in [1.29, 1.82) is 0 Å². The molecule has 2 unspecified atom stereocenters. The molecule has 2 nitrogen and oxygen atoms in total. The summed E-state index contributed by atoms with van der Waals surface area (Å²) in [5.41, 5.74) is 0. The first-order valence-electron chi connectivity index (χ1n) is 5.95. The van der Waals surface area contributed by atoms with Crippen LogP contribution in [0.1, 0.15) is 59.3 Å². The smallest absolute Gasteiger partial charge is 0.219 e. The summed E-state index contributed by atoms with van der Waals surface area (Å²) in [7, 11) is 0. The summed E-state index contributed by atoms with van der Waals surface area (Å²) in [6, 6.07) is 1.01. The molecule has 1 rings (SSSR count). The molecule has 0 N–H and O–H groups in total. The van der Waals surface area contributed by atoms with Gasteiger partial charge in [-0.2, -0.15) is 0 Å². The van der Waals surface area contributed by atoms with E-state index in [0.717, 1.165) is 0 Å². The Morgan fingerprint density at radius 3 is 2.64 bits per heavy atom. The molecule has 1 aliphatic heterocycles. The lowest BCUT2D eigenvalue weighted by molar-refractivity contribution is -0.131. The molecule has 0 saturated carbocycles. The molecule has 14 heavy (non-hydrogen) atoms. The second kappa shape index (κ2) is 5.38. The average molecular weight is 197 g/mol. The number of amides is 1. The van der Waals surface area contributed by atoms with Crippen LogP contribution in [0.4, 0.5) is 0 Å². The molecule has 1 heterocycles. The fourth-order valence-electron chi connectivity index (χ4n) is 2.55. The highest BCUT2D eigenvalue weighted by molar-refractivity contribution is 5.74. The van der Waals surface area contributed by atoms with Gasteiger partial charge in [0.25, 0.3) is 0 Å². The topological polar surface area (TPSA) is 20.3 Å². The molecule has 1 amide bonds. The molecule has 0 radical (unpaired) electrons. The predicted molar refractivity (Wildman–Crippen MR) is 59.1 cm³/mol. The third-order valence-electron chi connectivity index (χ3n) is 3.29. The second-order valence-corrected chi connectivity index (χ2v) is 4.50. The van der Waals surface area contributed by atoms with Crippen LogP contribution in [0.15, 0.2) is 0 Å². The molecule has 2 atom stereocenters. The largest absolute Gasteiger partial charge is 0.337 e. The van der Waals surface area contributed by atoms with Gasteiger partial charge >= 0.3 is 0 Å². The van der Waals surface area contributed by atoms with Gasteiger partial charge < -0.3 is 4.90 Å². The predicted octanol–water partition coefficient (Wildman–Crippen LogP) is 2.97. The maximum Gasteiger partial charge on any atom is 0.219 e. The molecule has 0 aromatic rings. The molecular weight excluding hydrogens is 174 g/mol. The van der Waals surface area contributed by atoms with Crippen molar-refractivity contribution >= 4 is 5.91 Å². The number of nitrogens with zero attached hydrogens (tertiary/aromatic N) is 1. The monoisotopic (exact) mass is 197 g/mol. The summed E-state index contributed by atoms with van der Waals surface area (Å²) in [6.07, 6.45) is 7.45. The fourth-order valence-corrected chi connectivity index (χ4v) is 2.55. The Bertz CT molecular complexity index is 191. The third kappa shape index (κ3) is 2.73. The van der Waals surface area contributed by atoms with Crippen molar-refractivity contribution in [3.63, 3.8) is 0 Å². The highest BCUT2D eigenvalue weighted by Gasteiger charge is 2.31. The van der Waals surface area contributed by atoms with Gasteiger partial charge in [-0.3, -0.25) is 4.79 Å². The lowest BCUT2D eigenvalue weighted by atomic mass is 10.1. The number of unbranched alkanes of at least 4 members (excludes halogenated alkanes) is 2. The number of carbonyl (C=O) groups is 1. The van der Waals surface area contributed by atoms with E-state index in [2.05, 4.69) is 18.7 Å². The van der Waals surface area contributed by atoms with Gasteiger partial charge in [0.1, 0.15) is 0 Å². The van der Waals surface area contributed by atoms with Gasteiger partial charge in [0.05, 0.1) is 0 Å². The van der Waals surface area contributed by atoms with Crippen LogP contribution in [0, 0.1) is 0 Å². The van der Waals surface area contributed by atoms with Crippen molar-refractivity contribution in [3.05, 3.63) is 0 Å². The molecular formula is C12H23NO. The van der Waals surface area contributed by atoms with Crippen LogP contribution < -0.4 is 0 Å². The summed E-state index contributed by atoms with van der Waals surface area (Å²) in [5.74, 6) is 0.261. The van der Waals surface area contributed by atoms with E-state index < -0.39 is 0 Å². The minimum Gasteiger partial charge on any atom is -0.337 e. The van der Waals surface area contributed by atoms with E-state index in [1.807, 2.05) is 0 Å². The number of hydrogen-bond acceptors (Lipinski definition) is 1. The van der Waals surface area contributed by atoms with Crippen LogP contribution in [-0.4, -0.2) is 22.9 Å². The lowest BCUT2D eigenvalue weighted by Gasteiger charge is -2.27. The molecule has 2 heteroatoms. The van der Waals surface area contributed by atoms with Crippen LogP contribution in [0.5, 0.6) is 0 Å². The molecule has 1 aliphatic rings. The van der Waals surface area contributed by atoms with E-state index in [-0.39, 0.29) is 5.91 Å². The summed E-state index contributed by atoms with van der Waals surface area (Å²) in [5, 5.41) is 0. The minimum atomic E-state index is 0.261. The van der Waals surface area contributed by atoms with Gasteiger partial charge in [0.2, 0.25) is 5.91 Å². The van der Waals surface area contributed by atoms with Crippen LogP contribution >= 0.6 is 0 Å². The van der Waals surface area contributed by atoms with Crippen LogP contribution in [-0.2, 0) is 4.79 Å². The molecule has 0 aliphatic carbocycles. The Labute approximate surface area is 87.7 Å². The first-order chi connectivity index (χ1) is 6.66. The maximum absolute atomic E-state index is 11.4. The van der Waals surface area contributed by atoms with Crippen molar-refractivity contribution in [2.45, 2.75) is 71.4 Å². The molecule has 82 valence electrons. The number of likely N-dealkylation sites (tertiary alicyclic amines) is 1. The fraction of sp³-hybridized carbons (Fsp3) is 0.917. The summed E-state index contributed by atoms with van der Waals surface area (Å²) in [4.78, 5) is 13.5. The highest BCUT2D eigenvalue weighted by atomic mass is 16.2. The molecule has 0 aromatic carbocycles.